The number of hydrogen-bond donors (Lipinski definition) is 0. The highest BCUT2D eigenvalue weighted by atomic mass is 16.6. The number of rotatable bonds is 62. The zero-order valence-electron chi connectivity index (χ0n) is 50.1. The first-order chi connectivity index (χ1) is 36.5. The van der Waals surface area contributed by atoms with Crippen LogP contribution in [0.5, 0.6) is 0 Å². The SMILES string of the molecule is CCCC/C=C\CCCCCCCC(=O)OCC(COC(=O)CCCCCCCCCCCCCCCCCCCCCCCCCCCCCCCC)OC(=O)CCCCCCC/C=C\CCCCCCCC. The Morgan fingerprint density at radius 2 is 0.459 bits per heavy atom. The highest BCUT2D eigenvalue weighted by Crippen LogP contribution is 2.18. The van der Waals surface area contributed by atoms with Gasteiger partial charge in [-0.2, -0.15) is 0 Å². The number of allylic oxidation sites excluding steroid dienone is 4. The minimum atomic E-state index is -0.776. The van der Waals surface area contributed by atoms with Crippen LogP contribution in [0.4, 0.5) is 0 Å². The van der Waals surface area contributed by atoms with Gasteiger partial charge in [0.2, 0.25) is 0 Å². The van der Waals surface area contributed by atoms with Crippen molar-refractivity contribution in [3.8, 4) is 0 Å². The topological polar surface area (TPSA) is 78.9 Å². The molecule has 0 saturated heterocycles. The average molecular weight is 1040 g/mol. The molecule has 74 heavy (non-hydrogen) atoms. The Hall–Kier alpha value is -2.11. The molecule has 0 aliphatic rings. The molecule has 0 radical (unpaired) electrons. The van der Waals surface area contributed by atoms with Gasteiger partial charge in [-0.25, -0.2) is 0 Å². The van der Waals surface area contributed by atoms with E-state index in [9.17, 15) is 14.4 Å². The molecular weight excluding hydrogens is 913 g/mol. The molecule has 0 spiro atoms. The maximum absolute atomic E-state index is 12.9. The van der Waals surface area contributed by atoms with Crippen molar-refractivity contribution in [3.05, 3.63) is 24.3 Å². The minimum absolute atomic E-state index is 0.0727. The molecule has 436 valence electrons. The highest BCUT2D eigenvalue weighted by Gasteiger charge is 2.19. The number of hydrogen-bond acceptors (Lipinski definition) is 6. The standard InChI is InChI=1S/C68H128O6/c1-4-7-10-13-16-19-22-24-26-27-28-29-30-31-32-33-34-35-36-37-38-39-40-42-43-46-49-52-55-58-61-67(70)73-64-65(63-72-66(69)60-57-54-51-48-45-21-18-15-12-9-6-3)74-68(71)62-59-56-53-50-47-44-41-25-23-20-17-14-11-8-5-2/h15,18,25,41,65H,4-14,16-17,19-24,26-40,42-64H2,1-3H3/b18-15-,41-25-. The zero-order chi connectivity index (χ0) is 53.6. The van der Waals surface area contributed by atoms with Gasteiger partial charge in [-0.05, 0) is 64.2 Å². The molecule has 1 unspecified atom stereocenters. The second kappa shape index (κ2) is 63.4. The largest absolute Gasteiger partial charge is 0.462 e. The Labute approximate surface area is 462 Å². The van der Waals surface area contributed by atoms with E-state index in [2.05, 4.69) is 45.1 Å². The smallest absolute Gasteiger partial charge is 0.306 e. The van der Waals surface area contributed by atoms with E-state index >= 15 is 0 Å². The van der Waals surface area contributed by atoms with Crippen molar-refractivity contribution in [1.82, 2.24) is 0 Å². The molecule has 0 bridgehead atoms. The molecule has 0 heterocycles. The van der Waals surface area contributed by atoms with Crippen LogP contribution in [-0.4, -0.2) is 37.2 Å². The number of unbranched alkanes of at least 4 members (excludes halogenated alkanes) is 47. The van der Waals surface area contributed by atoms with Crippen LogP contribution < -0.4 is 0 Å². The summed E-state index contributed by atoms with van der Waals surface area (Å²) in [6.07, 6.45) is 76.5. The Morgan fingerprint density at radius 1 is 0.257 bits per heavy atom. The van der Waals surface area contributed by atoms with E-state index in [0.717, 1.165) is 70.6 Å². The first kappa shape index (κ1) is 71.9. The summed E-state index contributed by atoms with van der Waals surface area (Å²) in [6.45, 7) is 6.64. The third kappa shape index (κ3) is 60.8. The van der Waals surface area contributed by atoms with E-state index in [1.165, 1.54) is 263 Å². The number of carbonyl (C=O) groups is 3. The van der Waals surface area contributed by atoms with E-state index in [-0.39, 0.29) is 31.1 Å². The van der Waals surface area contributed by atoms with E-state index in [0.29, 0.717) is 19.3 Å². The van der Waals surface area contributed by atoms with Gasteiger partial charge in [-0.3, -0.25) is 14.4 Å². The average Bonchev–Trinajstić information content (AvgIpc) is 3.40. The van der Waals surface area contributed by atoms with Gasteiger partial charge in [0, 0.05) is 19.3 Å². The summed E-state index contributed by atoms with van der Waals surface area (Å²) in [5, 5.41) is 0. The lowest BCUT2D eigenvalue weighted by molar-refractivity contribution is -0.167. The lowest BCUT2D eigenvalue weighted by Gasteiger charge is -2.18. The molecule has 0 fully saturated rings. The Balaban J connectivity index is 4.08. The molecule has 6 heteroatoms. The second-order valence-electron chi connectivity index (χ2n) is 22.7. The number of ether oxygens (including phenoxy) is 3. The van der Waals surface area contributed by atoms with E-state index in [1.54, 1.807) is 0 Å². The van der Waals surface area contributed by atoms with Crippen LogP contribution >= 0.6 is 0 Å². The highest BCUT2D eigenvalue weighted by molar-refractivity contribution is 5.71. The quantitative estimate of drug-likeness (QED) is 0.0261. The number of esters is 3. The van der Waals surface area contributed by atoms with Gasteiger partial charge in [-0.1, -0.05) is 315 Å². The van der Waals surface area contributed by atoms with E-state index < -0.39 is 6.10 Å². The van der Waals surface area contributed by atoms with Crippen molar-refractivity contribution < 1.29 is 28.6 Å². The predicted molar refractivity (Wildman–Crippen MR) is 321 cm³/mol. The Kier molecular flexibility index (Phi) is 61.6. The summed E-state index contributed by atoms with van der Waals surface area (Å²) in [4.78, 5) is 38.2. The molecule has 0 N–H and O–H groups in total. The van der Waals surface area contributed by atoms with Crippen molar-refractivity contribution in [2.45, 2.75) is 380 Å². The third-order valence-corrected chi connectivity index (χ3v) is 15.2. The molecule has 0 aromatic carbocycles. The van der Waals surface area contributed by atoms with Gasteiger partial charge in [0.05, 0.1) is 0 Å². The maximum atomic E-state index is 12.9. The Bertz CT molecular complexity index is 1190. The fourth-order valence-electron chi connectivity index (χ4n) is 10.1. The van der Waals surface area contributed by atoms with Gasteiger partial charge in [0.25, 0.3) is 0 Å². The van der Waals surface area contributed by atoms with Crippen molar-refractivity contribution in [2.75, 3.05) is 13.2 Å². The fraction of sp³-hybridized carbons (Fsp3) is 0.897. The first-order valence-electron chi connectivity index (χ1n) is 33.3. The Morgan fingerprint density at radius 3 is 0.716 bits per heavy atom. The molecule has 1 atom stereocenters. The van der Waals surface area contributed by atoms with Crippen LogP contribution in [0, 0.1) is 0 Å². The van der Waals surface area contributed by atoms with Crippen molar-refractivity contribution >= 4 is 17.9 Å². The second-order valence-corrected chi connectivity index (χ2v) is 22.7. The van der Waals surface area contributed by atoms with Crippen LogP contribution in [0.1, 0.15) is 374 Å². The van der Waals surface area contributed by atoms with Crippen LogP contribution in [0.3, 0.4) is 0 Å². The van der Waals surface area contributed by atoms with Gasteiger partial charge >= 0.3 is 17.9 Å². The zero-order valence-corrected chi connectivity index (χ0v) is 50.1. The molecular formula is C68H128O6. The fourth-order valence-corrected chi connectivity index (χ4v) is 10.1. The summed E-state index contributed by atoms with van der Waals surface area (Å²) in [6, 6.07) is 0. The number of carbonyl (C=O) groups excluding carboxylic acids is 3. The summed E-state index contributed by atoms with van der Waals surface area (Å²) < 4.78 is 16.9. The van der Waals surface area contributed by atoms with Crippen LogP contribution in [0.15, 0.2) is 24.3 Å². The van der Waals surface area contributed by atoms with Gasteiger partial charge in [0.1, 0.15) is 13.2 Å². The van der Waals surface area contributed by atoms with Gasteiger partial charge in [-0.15, -0.1) is 0 Å². The minimum Gasteiger partial charge on any atom is -0.462 e. The molecule has 0 aromatic rings. The van der Waals surface area contributed by atoms with Crippen LogP contribution in [0.25, 0.3) is 0 Å². The summed E-state index contributed by atoms with van der Waals surface area (Å²) in [5.41, 5.74) is 0. The molecule has 0 aliphatic heterocycles. The van der Waals surface area contributed by atoms with Gasteiger partial charge < -0.3 is 14.2 Å². The normalized spacial score (nSPS) is 12.1. The van der Waals surface area contributed by atoms with E-state index in [4.69, 9.17) is 14.2 Å². The van der Waals surface area contributed by atoms with Crippen molar-refractivity contribution in [2.24, 2.45) is 0 Å². The lowest BCUT2D eigenvalue weighted by Crippen LogP contribution is -2.30. The first-order valence-corrected chi connectivity index (χ1v) is 33.3. The predicted octanol–water partition coefficient (Wildman–Crippen LogP) is 22.6. The maximum Gasteiger partial charge on any atom is 0.306 e. The van der Waals surface area contributed by atoms with Crippen molar-refractivity contribution in [3.63, 3.8) is 0 Å². The summed E-state index contributed by atoms with van der Waals surface area (Å²) >= 11 is 0. The molecule has 0 amide bonds. The molecule has 0 aliphatic carbocycles. The monoisotopic (exact) mass is 1040 g/mol. The van der Waals surface area contributed by atoms with Gasteiger partial charge in [0.15, 0.2) is 6.10 Å². The molecule has 0 aromatic heterocycles. The molecule has 6 nitrogen and oxygen atoms in total. The summed E-state index contributed by atoms with van der Waals surface area (Å²) in [7, 11) is 0. The van der Waals surface area contributed by atoms with E-state index in [1.807, 2.05) is 0 Å². The lowest BCUT2D eigenvalue weighted by atomic mass is 10.0. The van der Waals surface area contributed by atoms with Crippen LogP contribution in [0.2, 0.25) is 0 Å². The molecule has 0 rings (SSSR count). The summed E-state index contributed by atoms with van der Waals surface area (Å²) in [5.74, 6) is -0.869. The van der Waals surface area contributed by atoms with Crippen molar-refractivity contribution in [1.29, 1.82) is 0 Å². The molecule has 0 saturated carbocycles. The van der Waals surface area contributed by atoms with Crippen LogP contribution in [-0.2, 0) is 28.6 Å². The third-order valence-electron chi connectivity index (χ3n) is 15.2.